The zero-order valence-corrected chi connectivity index (χ0v) is 14.7. The third-order valence-electron chi connectivity index (χ3n) is 4.02. The number of carbonyl (C=O) groups is 1. The number of rotatable bonds is 8. The maximum atomic E-state index is 12.1. The van der Waals surface area contributed by atoms with E-state index in [2.05, 4.69) is 5.32 Å². The van der Waals surface area contributed by atoms with Gasteiger partial charge in [0.15, 0.2) is 6.61 Å². The molecule has 0 fully saturated rings. The summed E-state index contributed by atoms with van der Waals surface area (Å²) in [5.41, 5.74) is 0.492. The highest BCUT2D eigenvalue weighted by molar-refractivity contribution is 6.30. The summed E-state index contributed by atoms with van der Waals surface area (Å²) in [6, 6.07) is 16.8. The second-order valence-electron chi connectivity index (χ2n) is 5.44. The highest BCUT2D eigenvalue weighted by Gasteiger charge is 2.30. The van der Waals surface area contributed by atoms with Crippen LogP contribution in [-0.2, 0) is 15.1 Å². The van der Waals surface area contributed by atoms with Crippen molar-refractivity contribution >= 4 is 17.5 Å². The largest absolute Gasteiger partial charge is 0.484 e. The summed E-state index contributed by atoms with van der Waals surface area (Å²) < 4.78 is 11.2. The Labute approximate surface area is 147 Å². The summed E-state index contributed by atoms with van der Waals surface area (Å²) in [4.78, 5) is 12.1. The minimum atomic E-state index is -0.544. The van der Waals surface area contributed by atoms with Gasteiger partial charge in [-0.3, -0.25) is 4.79 Å². The number of benzene rings is 2. The van der Waals surface area contributed by atoms with Crippen LogP contribution in [0.4, 0.5) is 0 Å². The van der Waals surface area contributed by atoms with Crippen molar-refractivity contribution in [2.45, 2.75) is 18.9 Å². The van der Waals surface area contributed by atoms with Gasteiger partial charge < -0.3 is 14.8 Å². The van der Waals surface area contributed by atoms with Crippen molar-refractivity contribution in [3.8, 4) is 5.75 Å². The standard InChI is InChI=1S/C19H22ClNO3/c1-3-19(23-2,15-7-5-4-6-8-15)14-21-18(22)13-24-17-11-9-16(20)10-12-17/h4-12H,3,13-14H2,1-2H3,(H,21,22). The Morgan fingerprint density at radius 3 is 2.38 bits per heavy atom. The molecular weight excluding hydrogens is 326 g/mol. The van der Waals surface area contributed by atoms with Gasteiger partial charge in [-0.2, -0.15) is 0 Å². The minimum absolute atomic E-state index is 0.0556. The number of hydrogen-bond donors (Lipinski definition) is 1. The molecular formula is C19H22ClNO3. The first-order chi connectivity index (χ1) is 11.6. The molecule has 5 heteroatoms. The molecule has 0 bridgehead atoms. The van der Waals surface area contributed by atoms with Gasteiger partial charge in [0.2, 0.25) is 0 Å². The Balaban J connectivity index is 1.92. The number of methoxy groups -OCH3 is 1. The summed E-state index contributed by atoms with van der Waals surface area (Å²) in [6.07, 6.45) is 0.742. The normalized spacial score (nSPS) is 13.1. The van der Waals surface area contributed by atoms with E-state index in [1.165, 1.54) is 0 Å². The van der Waals surface area contributed by atoms with Crippen molar-refractivity contribution in [2.75, 3.05) is 20.3 Å². The Morgan fingerprint density at radius 2 is 1.79 bits per heavy atom. The van der Waals surface area contributed by atoms with Gasteiger partial charge in [-0.1, -0.05) is 48.9 Å². The summed E-state index contributed by atoms with van der Waals surface area (Å²) in [5, 5.41) is 3.52. The first-order valence-electron chi connectivity index (χ1n) is 7.85. The van der Waals surface area contributed by atoms with Gasteiger partial charge in [-0.05, 0) is 36.2 Å². The van der Waals surface area contributed by atoms with Gasteiger partial charge in [0.05, 0.1) is 6.54 Å². The van der Waals surface area contributed by atoms with Crippen molar-refractivity contribution in [1.82, 2.24) is 5.32 Å². The van der Waals surface area contributed by atoms with Crippen LogP contribution in [0.3, 0.4) is 0 Å². The topological polar surface area (TPSA) is 47.6 Å². The Kier molecular flexibility index (Phi) is 6.64. The molecule has 0 aromatic heterocycles. The molecule has 128 valence electrons. The van der Waals surface area contributed by atoms with Crippen LogP contribution < -0.4 is 10.1 Å². The third-order valence-corrected chi connectivity index (χ3v) is 4.27. The lowest BCUT2D eigenvalue weighted by Crippen LogP contribution is -2.43. The predicted molar refractivity (Wildman–Crippen MR) is 95.4 cm³/mol. The molecule has 4 nitrogen and oxygen atoms in total. The third kappa shape index (κ3) is 4.73. The van der Waals surface area contributed by atoms with Crippen LogP contribution in [0.5, 0.6) is 5.75 Å². The molecule has 1 unspecified atom stereocenters. The van der Waals surface area contributed by atoms with Crippen molar-refractivity contribution < 1.29 is 14.3 Å². The van der Waals surface area contributed by atoms with E-state index in [0.29, 0.717) is 17.3 Å². The molecule has 2 aromatic carbocycles. The second-order valence-corrected chi connectivity index (χ2v) is 5.87. The van der Waals surface area contributed by atoms with E-state index in [4.69, 9.17) is 21.1 Å². The van der Waals surface area contributed by atoms with Crippen LogP contribution in [0, 0.1) is 0 Å². The first kappa shape index (κ1) is 18.3. The van der Waals surface area contributed by atoms with Crippen molar-refractivity contribution in [3.05, 3.63) is 65.2 Å². The van der Waals surface area contributed by atoms with E-state index in [-0.39, 0.29) is 12.5 Å². The fraction of sp³-hybridized carbons (Fsp3) is 0.316. The van der Waals surface area contributed by atoms with Crippen molar-refractivity contribution in [2.24, 2.45) is 0 Å². The fourth-order valence-electron chi connectivity index (χ4n) is 2.48. The van der Waals surface area contributed by atoms with Gasteiger partial charge >= 0.3 is 0 Å². The summed E-state index contributed by atoms with van der Waals surface area (Å²) in [6.45, 7) is 2.36. The quantitative estimate of drug-likeness (QED) is 0.790. The number of hydrogen-bond acceptors (Lipinski definition) is 3. The summed E-state index contributed by atoms with van der Waals surface area (Å²) >= 11 is 5.82. The molecule has 1 atom stereocenters. The Morgan fingerprint density at radius 1 is 1.12 bits per heavy atom. The van der Waals surface area contributed by atoms with E-state index in [0.717, 1.165) is 12.0 Å². The van der Waals surface area contributed by atoms with E-state index >= 15 is 0 Å². The molecule has 1 amide bonds. The van der Waals surface area contributed by atoms with Gasteiger partial charge in [0.25, 0.3) is 5.91 Å². The maximum Gasteiger partial charge on any atom is 0.258 e. The molecule has 24 heavy (non-hydrogen) atoms. The van der Waals surface area contributed by atoms with Gasteiger partial charge in [-0.25, -0.2) is 0 Å². The highest BCUT2D eigenvalue weighted by Crippen LogP contribution is 2.28. The fourth-order valence-corrected chi connectivity index (χ4v) is 2.61. The molecule has 0 saturated heterocycles. The van der Waals surface area contributed by atoms with Crippen molar-refractivity contribution in [1.29, 1.82) is 0 Å². The van der Waals surface area contributed by atoms with Crippen molar-refractivity contribution in [3.63, 3.8) is 0 Å². The maximum absolute atomic E-state index is 12.1. The summed E-state index contributed by atoms with van der Waals surface area (Å²) in [7, 11) is 1.66. The molecule has 1 N–H and O–H groups in total. The van der Waals surface area contributed by atoms with Crippen LogP contribution in [0.15, 0.2) is 54.6 Å². The number of halogens is 1. The first-order valence-corrected chi connectivity index (χ1v) is 8.23. The number of ether oxygens (including phenoxy) is 2. The Hall–Kier alpha value is -2.04. The molecule has 0 spiro atoms. The van der Waals surface area contributed by atoms with Crippen LogP contribution in [0.2, 0.25) is 5.02 Å². The van der Waals surface area contributed by atoms with E-state index < -0.39 is 5.60 Å². The zero-order valence-electron chi connectivity index (χ0n) is 13.9. The number of nitrogens with one attached hydrogen (secondary N) is 1. The second kappa shape index (κ2) is 8.71. The van der Waals surface area contributed by atoms with Crippen LogP contribution >= 0.6 is 11.6 Å². The lowest BCUT2D eigenvalue weighted by atomic mass is 9.90. The zero-order chi connectivity index (χ0) is 17.4. The summed E-state index contributed by atoms with van der Waals surface area (Å²) in [5.74, 6) is 0.405. The van der Waals surface area contributed by atoms with E-state index in [1.54, 1.807) is 31.4 Å². The Bertz CT molecular complexity index is 639. The molecule has 2 aromatic rings. The average molecular weight is 348 g/mol. The highest BCUT2D eigenvalue weighted by atomic mass is 35.5. The number of carbonyl (C=O) groups excluding carboxylic acids is 1. The molecule has 0 aliphatic heterocycles. The molecule has 0 aliphatic rings. The van der Waals surface area contributed by atoms with Crippen LogP contribution in [0.1, 0.15) is 18.9 Å². The van der Waals surface area contributed by atoms with Gasteiger partial charge in [0.1, 0.15) is 11.4 Å². The minimum Gasteiger partial charge on any atom is -0.484 e. The lowest BCUT2D eigenvalue weighted by Gasteiger charge is -2.32. The molecule has 0 aliphatic carbocycles. The molecule has 2 rings (SSSR count). The lowest BCUT2D eigenvalue weighted by molar-refractivity contribution is -0.125. The van der Waals surface area contributed by atoms with Gasteiger partial charge in [0, 0.05) is 12.1 Å². The predicted octanol–water partition coefficient (Wildman–Crippen LogP) is 3.79. The SMILES string of the molecule is CCC(CNC(=O)COc1ccc(Cl)cc1)(OC)c1ccccc1. The van der Waals surface area contributed by atoms with Crippen LogP contribution in [0.25, 0.3) is 0 Å². The van der Waals surface area contributed by atoms with Gasteiger partial charge in [-0.15, -0.1) is 0 Å². The molecule has 0 heterocycles. The smallest absolute Gasteiger partial charge is 0.258 e. The van der Waals surface area contributed by atoms with E-state index in [9.17, 15) is 4.79 Å². The molecule has 0 radical (unpaired) electrons. The monoisotopic (exact) mass is 347 g/mol. The average Bonchev–Trinajstić information content (AvgIpc) is 2.63. The molecule has 0 saturated carbocycles. The van der Waals surface area contributed by atoms with Crippen LogP contribution in [-0.4, -0.2) is 26.2 Å². The number of amides is 1. The van der Waals surface area contributed by atoms with E-state index in [1.807, 2.05) is 37.3 Å².